The van der Waals surface area contributed by atoms with Crippen molar-refractivity contribution in [3.8, 4) is 6.07 Å². The van der Waals surface area contributed by atoms with Crippen LogP contribution in [-0.2, 0) is 0 Å². The lowest BCUT2D eigenvalue weighted by molar-refractivity contribution is 0.540. The van der Waals surface area contributed by atoms with Crippen LogP contribution in [0.15, 0.2) is 27.0 Å². The van der Waals surface area contributed by atoms with Crippen molar-refractivity contribution in [2.45, 2.75) is 6.92 Å². The highest BCUT2D eigenvalue weighted by molar-refractivity contribution is 9.10. The molecule has 62 valence electrons. The Labute approximate surface area is 78.6 Å². The number of hydrogen-bond acceptors (Lipinski definition) is 3. The van der Waals surface area contributed by atoms with Crippen LogP contribution < -0.4 is 5.73 Å². The van der Waals surface area contributed by atoms with Gasteiger partial charge >= 0.3 is 0 Å². The normalized spacial score (nSPS) is 12.1. The van der Waals surface area contributed by atoms with Gasteiger partial charge in [-0.2, -0.15) is 5.26 Å². The van der Waals surface area contributed by atoms with E-state index in [4.69, 9.17) is 15.4 Å². The molecule has 0 amide bonds. The van der Waals surface area contributed by atoms with Gasteiger partial charge in [0.2, 0.25) is 0 Å². The van der Waals surface area contributed by atoms with E-state index in [1.54, 1.807) is 13.0 Å². The molecule has 2 N–H and O–H groups in total. The molecule has 0 aliphatic heterocycles. The molecule has 12 heavy (non-hydrogen) atoms. The molecule has 0 aliphatic carbocycles. The molecule has 1 rings (SSSR count). The topological polar surface area (TPSA) is 63.0 Å². The Kier molecular flexibility index (Phi) is 2.56. The van der Waals surface area contributed by atoms with E-state index in [1.807, 2.05) is 6.07 Å². The lowest BCUT2D eigenvalue weighted by atomic mass is 10.1. The summed E-state index contributed by atoms with van der Waals surface area (Å²) in [5.74, 6) is 0. The zero-order valence-corrected chi connectivity index (χ0v) is 8.05. The van der Waals surface area contributed by atoms with E-state index in [0.717, 1.165) is 5.56 Å². The summed E-state index contributed by atoms with van der Waals surface area (Å²) >= 11 is 3.14. The van der Waals surface area contributed by atoms with Gasteiger partial charge < -0.3 is 10.2 Å². The summed E-state index contributed by atoms with van der Waals surface area (Å²) in [7, 11) is 0. The molecule has 3 nitrogen and oxygen atoms in total. The molecule has 1 heterocycles. The summed E-state index contributed by atoms with van der Waals surface area (Å²) in [6.45, 7) is 1.66. The van der Waals surface area contributed by atoms with Crippen molar-refractivity contribution in [2.75, 3.05) is 0 Å². The molecule has 0 aromatic carbocycles. The molecule has 0 bridgehead atoms. The van der Waals surface area contributed by atoms with E-state index in [2.05, 4.69) is 15.9 Å². The van der Waals surface area contributed by atoms with Crippen LogP contribution in [0.1, 0.15) is 12.5 Å². The molecule has 0 unspecified atom stereocenters. The number of hydrogen-bond donors (Lipinski definition) is 1. The Morgan fingerprint density at radius 2 is 2.42 bits per heavy atom. The first-order chi connectivity index (χ1) is 5.65. The molecule has 0 spiro atoms. The van der Waals surface area contributed by atoms with Crippen molar-refractivity contribution < 1.29 is 4.42 Å². The first-order valence-corrected chi connectivity index (χ1v) is 4.05. The van der Waals surface area contributed by atoms with Crippen LogP contribution >= 0.6 is 15.9 Å². The number of rotatable bonds is 1. The van der Waals surface area contributed by atoms with Crippen LogP contribution in [0.3, 0.4) is 0 Å². The van der Waals surface area contributed by atoms with Crippen LogP contribution in [0.25, 0.3) is 5.70 Å². The highest BCUT2D eigenvalue weighted by Crippen LogP contribution is 2.19. The second-order valence-corrected chi connectivity index (χ2v) is 3.07. The summed E-state index contributed by atoms with van der Waals surface area (Å²) < 4.78 is 5.58. The Morgan fingerprint density at radius 3 is 2.83 bits per heavy atom. The van der Waals surface area contributed by atoms with Crippen molar-refractivity contribution in [3.63, 3.8) is 0 Å². The summed E-state index contributed by atoms with van der Waals surface area (Å²) in [6, 6.07) is 3.69. The Morgan fingerprint density at radius 1 is 1.75 bits per heavy atom. The minimum atomic E-state index is 0.451. The quantitative estimate of drug-likeness (QED) is 0.748. The van der Waals surface area contributed by atoms with Crippen LogP contribution in [0, 0.1) is 11.3 Å². The monoisotopic (exact) mass is 226 g/mol. The first kappa shape index (κ1) is 8.88. The lowest BCUT2D eigenvalue weighted by Crippen LogP contribution is -1.97. The van der Waals surface area contributed by atoms with Gasteiger partial charge in [-0.1, -0.05) is 0 Å². The fourth-order valence-corrected chi connectivity index (χ4v) is 1.07. The summed E-state index contributed by atoms with van der Waals surface area (Å²) in [5.41, 5.74) is 7.30. The average Bonchev–Trinajstić information content (AvgIpc) is 2.49. The van der Waals surface area contributed by atoms with Gasteiger partial charge in [-0.15, -0.1) is 0 Å². The van der Waals surface area contributed by atoms with Crippen LogP contribution in [0.2, 0.25) is 0 Å². The number of nitrogens with two attached hydrogens (primary N) is 1. The second kappa shape index (κ2) is 3.46. The molecular weight excluding hydrogens is 220 g/mol. The van der Waals surface area contributed by atoms with E-state index in [1.165, 1.54) is 6.26 Å². The fourth-order valence-electron chi connectivity index (χ4n) is 0.728. The van der Waals surface area contributed by atoms with E-state index < -0.39 is 0 Å². The maximum atomic E-state index is 8.54. The third kappa shape index (κ3) is 1.69. The Hall–Kier alpha value is -1.21. The van der Waals surface area contributed by atoms with Gasteiger partial charge in [0.1, 0.15) is 6.26 Å². The van der Waals surface area contributed by atoms with Crippen LogP contribution in [-0.4, -0.2) is 0 Å². The number of halogens is 1. The molecule has 4 heteroatoms. The van der Waals surface area contributed by atoms with Crippen molar-refractivity contribution in [2.24, 2.45) is 5.73 Å². The van der Waals surface area contributed by atoms with Gasteiger partial charge in [-0.25, -0.2) is 0 Å². The number of allylic oxidation sites excluding steroid dienone is 1. The molecule has 0 saturated carbocycles. The number of furan rings is 1. The molecule has 1 aromatic heterocycles. The van der Waals surface area contributed by atoms with E-state index >= 15 is 0 Å². The van der Waals surface area contributed by atoms with Gasteiger partial charge in [0.25, 0.3) is 0 Å². The molecule has 0 aliphatic rings. The van der Waals surface area contributed by atoms with E-state index in [-0.39, 0.29) is 0 Å². The van der Waals surface area contributed by atoms with Gasteiger partial charge in [0.15, 0.2) is 4.67 Å². The standard InChI is InChI=1S/C8H7BrN2O/c1-5(3-10)8(11)6-2-7(9)12-4-6/h2,4H,11H2,1H3/b8-5-. The highest BCUT2D eigenvalue weighted by Gasteiger charge is 2.04. The summed E-state index contributed by atoms with van der Waals surface area (Å²) in [6.07, 6.45) is 1.50. The Balaban J connectivity index is 3.09. The maximum absolute atomic E-state index is 8.54. The van der Waals surface area contributed by atoms with Gasteiger partial charge in [-0.05, 0) is 22.9 Å². The predicted molar refractivity (Wildman–Crippen MR) is 48.8 cm³/mol. The highest BCUT2D eigenvalue weighted by atomic mass is 79.9. The fraction of sp³-hybridized carbons (Fsp3) is 0.125. The third-order valence-corrected chi connectivity index (χ3v) is 1.87. The second-order valence-electron chi connectivity index (χ2n) is 2.29. The summed E-state index contributed by atoms with van der Waals surface area (Å²) in [5, 5.41) is 8.54. The minimum Gasteiger partial charge on any atom is -0.457 e. The predicted octanol–water partition coefficient (Wildman–Crippen LogP) is 2.26. The minimum absolute atomic E-state index is 0.451. The first-order valence-electron chi connectivity index (χ1n) is 3.26. The summed E-state index contributed by atoms with van der Waals surface area (Å²) in [4.78, 5) is 0. The van der Waals surface area contributed by atoms with Crippen molar-refractivity contribution in [1.82, 2.24) is 0 Å². The van der Waals surface area contributed by atoms with Gasteiger partial charge in [-0.3, -0.25) is 0 Å². The van der Waals surface area contributed by atoms with Crippen LogP contribution in [0.5, 0.6) is 0 Å². The molecular formula is C8H7BrN2O. The Bertz CT molecular complexity index is 359. The maximum Gasteiger partial charge on any atom is 0.169 e. The van der Waals surface area contributed by atoms with Crippen molar-refractivity contribution in [3.05, 3.63) is 28.1 Å². The zero-order chi connectivity index (χ0) is 9.14. The number of nitrogens with zero attached hydrogens (tertiary/aromatic N) is 1. The van der Waals surface area contributed by atoms with E-state index in [9.17, 15) is 0 Å². The van der Waals surface area contributed by atoms with E-state index in [0.29, 0.717) is 15.9 Å². The molecule has 1 aromatic rings. The van der Waals surface area contributed by atoms with Gasteiger partial charge in [0.05, 0.1) is 17.3 Å². The van der Waals surface area contributed by atoms with Crippen LogP contribution in [0.4, 0.5) is 0 Å². The van der Waals surface area contributed by atoms with Crippen molar-refractivity contribution in [1.29, 1.82) is 5.26 Å². The average molecular weight is 227 g/mol. The molecule has 0 saturated heterocycles. The third-order valence-electron chi connectivity index (χ3n) is 1.45. The molecule has 0 fully saturated rings. The zero-order valence-electron chi connectivity index (χ0n) is 6.47. The lowest BCUT2D eigenvalue weighted by Gasteiger charge is -1.95. The largest absolute Gasteiger partial charge is 0.457 e. The SMILES string of the molecule is C/C(C#N)=C(/N)c1coc(Br)c1. The number of nitriles is 1. The molecule has 0 atom stereocenters. The van der Waals surface area contributed by atoms with Crippen molar-refractivity contribution >= 4 is 21.6 Å². The smallest absolute Gasteiger partial charge is 0.169 e. The molecule has 0 radical (unpaired) electrons. The van der Waals surface area contributed by atoms with Gasteiger partial charge in [0, 0.05) is 11.6 Å².